The van der Waals surface area contributed by atoms with Gasteiger partial charge in [0.2, 0.25) is 0 Å². The number of hydrogen-bond donors (Lipinski definition) is 1. The van der Waals surface area contributed by atoms with E-state index in [4.69, 9.17) is 4.74 Å². The SMILES string of the molecule is CCOC(=O)C1(NC(C)C)CCCC1CCSC(C)CC. The summed E-state index contributed by atoms with van der Waals surface area (Å²) in [5.41, 5.74) is -0.444. The average Bonchev–Trinajstić information content (AvgIpc) is 2.82. The first-order valence-corrected chi connectivity index (χ1v) is 9.57. The van der Waals surface area contributed by atoms with Gasteiger partial charge in [-0.25, -0.2) is 0 Å². The summed E-state index contributed by atoms with van der Waals surface area (Å²) in [7, 11) is 0. The van der Waals surface area contributed by atoms with Gasteiger partial charge in [0.25, 0.3) is 0 Å². The fraction of sp³-hybridized carbons (Fsp3) is 0.941. The Labute approximate surface area is 135 Å². The highest BCUT2D eigenvalue weighted by atomic mass is 32.2. The number of carbonyl (C=O) groups excluding carboxylic acids is 1. The van der Waals surface area contributed by atoms with Crippen LogP contribution in [0, 0.1) is 5.92 Å². The lowest BCUT2D eigenvalue weighted by atomic mass is 9.84. The second-order valence-electron chi connectivity index (χ2n) is 6.46. The molecular formula is C17H33NO2S. The standard InChI is InChI=1S/C17H33NO2S/c1-6-14(5)21-12-10-15-9-8-11-17(15,18-13(3)4)16(19)20-7-2/h13-15,18H,6-12H2,1-5H3. The summed E-state index contributed by atoms with van der Waals surface area (Å²) in [5.74, 6) is 1.52. The van der Waals surface area contributed by atoms with Gasteiger partial charge in [-0.05, 0) is 58.1 Å². The van der Waals surface area contributed by atoms with Crippen LogP contribution in [0.15, 0.2) is 0 Å². The number of hydrogen-bond acceptors (Lipinski definition) is 4. The molecule has 1 aliphatic rings. The van der Waals surface area contributed by atoms with Gasteiger partial charge in [-0.15, -0.1) is 0 Å². The maximum absolute atomic E-state index is 12.6. The van der Waals surface area contributed by atoms with Crippen LogP contribution in [0.5, 0.6) is 0 Å². The van der Waals surface area contributed by atoms with Crippen LogP contribution in [-0.4, -0.2) is 35.2 Å². The van der Waals surface area contributed by atoms with Crippen LogP contribution in [0.2, 0.25) is 0 Å². The molecule has 0 radical (unpaired) electrons. The number of thioether (sulfide) groups is 1. The first kappa shape index (κ1) is 18.8. The molecule has 1 N–H and O–H groups in total. The molecule has 0 aliphatic heterocycles. The summed E-state index contributed by atoms with van der Waals surface area (Å²) >= 11 is 2.03. The van der Waals surface area contributed by atoms with E-state index in [-0.39, 0.29) is 5.97 Å². The molecule has 4 heteroatoms. The van der Waals surface area contributed by atoms with Crippen molar-refractivity contribution >= 4 is 17.7 Å². The van der Waals surface area contributed by atoms with Gasteiger partial charge in [-0.3, -0.25) is 10.1 Å². The molecule has 0 bridgehead atoms. The predicted octanol–water partition coefficient (Wildman–Crippen LogP) is 4.01. The van der Waals surface area contributed by atoms with Gasteiger partial charge < -0.3 is 4.74 Å². The van der Waals surface area contributed by atoms with Crippen LogP contribution < -0.4 is 5.32 Å². The van der Waals surface area contributed by atoms with Gasteiger partial charge in [0.05, 0.1) is 6.61 Å². The maximum Gasteiger partial charge on any atom is 0.326 e. The second-order valence-corrected chi connectivity index (χ2v) is 8.00. The smallest absolute Gasteiger partial charge is 0.326 e. The normalized spacial score (nSPS) is 27.0. The minimum atomic E-state index is -0.444. The largest absolute Gasteiger partial charge is 0.465 e. The number of rotatable bonds is 9. The van der Waals surface area contributed by atoms with E-state index in [1.54, 1.807) is 0 Å². The van der Waals surface area contributed by atoms with Crippen LogP contribution in [0.3, 0.4) is 0 Å². The second kappa shape index (κ2) is 9.04. The van der Waals surface area contributed by atoms with Crippen molar-refractivity contribution in [1.29, 1.82) is 0 Å². The first-order chi connectivity index (χ1) is 9.96. The van der Waals surface area contributed by atoms with Gasteiger partial charge in [0, 0.05) is 11.3 Å². The lowest BCUT2D eigenvalue weighted by molar-refractivity contribution is -0.153. The zero-order valence-corrected chi connectivity index (χ0v) is 15.2. The van der Waals surface area contributed by atoms with Crippen LogP contribution >= 0.6 is 11.8 Å². The monoisotopic (exact) mass is 315 g/mol. The predicted molar refractivity (Wildman–Crippen MR) is 91.8 cm³/mol. The van der Waals surface area contributed by atoms with E-state index >= 15 is 0 Å². The minimum absolute atomic E-state index is 0.0326. The van der Waals surface area contributed by atoms with E-state index in [1.165, 1.54) is 6.42 Å². The summed E-state index contributed by atoms with van der Waals surface area (Å²) in [6.45, 7) is 11.1. The zero-order valence-electron chi connectivity index (χ0n) is 14.4. The zero-order chi connectivity index (χ0) is 15.9. The molecule has 3 atom stereocenters. The lowest BCUT2D eigenvalue weighted by Crippen LogP contribution is -2.58. The molecule has 3 unspecified atom stereocenters. The van der Waals surface area contributed by atoms with E-state index in [1.807, 2.05) is 18.7 Å². The number of esters is 1. The van der Waals surface area contributed by atoms with Crippen LogP contribution in [-0.2, 0) is 9.53 Å². The molecule has 1 rings (SSSR count). The van der Waals surface area contributed by atoms with Crippen LogP contribution in [0.4, 0.5) is 0 Å². The topological polar surface area (TPSA) is 38.3 Å². The Morgan fingerprint density at radius 2 is 2.10 bits per heavy atom. The molecule has 0 amide bonds. The Bertz CT molecular complexity index is 322. The van der Waals surface area contributed by atoms with Gasteiger partial charge in [-0.2, -0.15) is 11.8 Å². The Kier molecular flexibility index (Phi) is 8.10. The minimum Gasteiger partial charge on any atom is -0.465 e. The molecule has 0 aromatic heterocycles. The Morgan fingerprint density at radius 1 is 1.38 bits per heavy atom. The average molecular weight is 316 g/mol. The van der Waals surface area contributed by atoms with Crippen molar-refractivity contribution in [1.82, 2.24) is 5.32 Å². The third-order valence-electron chi connectivity index (χ3n) is 4.45. The summed E-state index contributed by atoms with van der Waals surface area (Å²) < 4.78 is 5.40. The van der Waals surface area contributed by atoms with Gasteiger partial charge in [0.1, 0.15) is 5.54 Å². The summed E-state index contributed by atoms with van der Waals surface area (Å²) in [4.78, 5) is 12.6. The number of nitrogens with one attached hydrogen (secondary N) is 1. The summed E-state index contributed by atoms with van der Waals surface area (Å²) in [6, 6.07) is 0.303. The van der Waals surface area contributed by atoms with Crippen molar-refractivity contribution in [3.63, 3.8) is 0 Å². The quantitative estimate of drug-likeness (QED) is 0.653. The highest BCUT2D eigenvalue weighted by Crippen LogP contribution is 2.40. The van der Waals surface area contributed by atoms with Crippen molar-refractivity contribution in [2.24, 2.45) is 5.92 Å². The fourth-order valence-electron chi connectivity index (χ4n) is 3.29. The molecule has 1 aliphatic carbocycles. The van der Waals surface area contributed by atoms with Gasteiger partial charge in [0.15, 0.2) is 0 Å². The molecule has 0 aromatic carbocycles. The van der Waals surface area contributed by atoms with Crippen LogP contribution in [0.25, 0.3) is 0 Å². The highest BCUT2D eigenvalue weighted by Gasteiger charge is 2.49. The third kappa shape index (κ3) is 5.17. The molecule has 0 heterocycles. The van der Waals surface area contributed by atoms with E-state index in [9.17, 15) is 4.79 Å². The van der Waals surface area contributed by atoms with E-state index in [2.05, 4.69) is 33.0 Å². The van der Waals surface area contributed by atoms with E-state index < -0.39 is 5.54 Å². The molecular weight excluding hydrogens is 282 g/mol. The molecule has 0 spiro atoms. The Morgan fingerprint density at radius 3 is 2.67 bits per heavy atom. The van der Waals surface area contributed by atoms with Gasteiger partial charge in [-0.1, -0.05) is 20.3 Å². The molecule has 1 fully saturated rings. The Hall–Kier alpha value is -0.220. The van der Waals surface area contributed by atoms with Crippen molar-refractivity contribution in [2.75, 3.05) is 12.4 Å². The molecule has 0 aromatic rings. The maximum atomic E-state index is 12.6. The molecule has 1 saturated carbocycles. The lowest BCUT2D eigenvalue weighted by Gasteiger charge is -2.36. The van der Waals surface area contributed by atoms with Crippen molar-refractivity contribution in [3.05, 3.63) is 0 Å². The first-order valence-electron chi connectivity index (χ1n) is 8.52. The van der Waals surface area contributed by atoms with Crippen molar-refractivity contribution in [2.45, 2.75) is 83.6 Å². The van der Waals surface area contributed by atoms with Crippen molar-refractivity contribution in [3.8, 4) is 0 Å². The van der Waals surface area contributed by atoms with Gasteiger partial charge >= 0.3 is 5.97 Å². The van der Waals surface area contributed by atoms with Crippen molar-refractivity contribution < 1.29 is 9.53 Å². The van der Waals surface area contributed by atoms with E-state index in [0.717, 1.165) is 31.4 Å². The molecule has 21 heavy (non-hydrogen) atoms. The summed E-state index contributed by atoms with van der Waals surface area (Å²) in [6.07, 6.45) is 5.50. The Balaban J connectivity index is 2.71. The number of ether oxygens (including phenoxy) is 1. The highest BCUT2D eigenvalue weighted by molar-refractivity contribution is 7.99. The third-order valence-corrected chi connectivity index (χ3v) is 5.82. The molecule has 3 nitrogen and oxygen atoms in total. The van der Waals surface area contributed by atoms with Crippen LogP contribution in [0.1, 0.15) is 66.7 Å². The van der Waals surface area contributed by atoms with E-state index in [0.29, 0.717) is 23.8 Å². The molecule has 0 saturated heterocycles. The fourth-order valence-corrected chi connectivity index (χ4v) is 4.35. The summed E-state index contributed by atoms with van der Waals surface area (Å²) in [5, 5.41) is 4.27. The number of carbonyl (C=O) groups is 1. The molecule has 124 valence electrons.